The molecule has 0 radical (unpaired) electrons. The fraction of sp³-hybridized carbons (Fsp3) is 0.423. The Morgan fingerprint density at radius 2 is 1.84 bits per heavy atom. The fourth-order valence-electron chi connectivity index (χ4n) is 3.94. The zero-order chi connectivity index (χ0) is 22.9. The highest BCUT2D eigenvalue weighted by molar-refractivity contribution is 5.78. The predicted molar refractivity (Wildman–Crippen MR) is 128 cm³/mol. The molecule has 0 saturated carbocycles. The maximum Gasteiger partial charge on any atom is 0.261 e. The van der Waals surface area contributed by atoms with Gasteiger partial charge < -0.3 is 9.64 Å². The Labute approximate surface area is 189 Å². The molecule has 1 atom stereocenters. The molecule has 0 aliphatic rings. The first kappa shape index (κ1) is 23.7. The molecule has 1 amide bonds. The Hall–Kier alpha value is -2.99. The molecule has 1 unspecified atom stereocenters. The number of rotatable bonds is 11. The lowest BCUT2D eigenvalue weighted by Crippen LogP contribution is -2.39. The summed E-state index contributed by atoms with van der Waals surface area (Å²) in [4.78, 5) is 33.2. The van der Waals surface area contributed by atoms with Gasteiger partial charge in [0.15, 0.2) is 0 Å². The van der Waals surface area contributed by atoms with E-state index in [4.69, 9.17) is 9.72 Å². The molecular weight excluding hydrogens is 402 g/mol. The van der Waals surface area contributed by atoms with Crippen LogP contribution in [0.1, 0.15) is 50.5 Å². The predicted octanol–water partition coefficient (Wildman–Crippen LogP) is 4.37. The number of methoxy groups -OCH3 is 1. The quantitative estimate of drug-likeness (QED) is 0.449. The minimum absolute atomic E-state index is 0.0935. The molecule has 0 bridgehead atoms. The largest absolute Gasteiger partial charge is 0.383 e. The van der Waals surface area contributed by atoms with Crippen molar-refractivity contribution in [2.45, 2.75) is 52.1 Å². The zero-order valence-corrected chi connectivity index (χ0v) is 19.3. The van der Waals surface area contributed by atoms with Crippen LogP contribution in [0, 0.1) is 0 Å². The standard InChI is InChI=1S/C26H33N3O3/c1-4-5-15-24(30)28(17-16-21-11-7-6-8-12-21)20(2)25-27-23-14-10-9-13-22(23)26(31)29(25)18-19-32-3/h6-14,20H,4-5,15-19H2,1-3H3. The molecule has 0 fully saturated rings. The van der Waals surface area contributed by atoms with Gasteiger partial charge in [0.2, 0.25) is 5.91 Å². The van der Waals surface area contributed by atoms with Crippen molar-refractivity contribution < 1.29 is 9.53 Å². The van der Waals surface area contributed by atoms with Crippen LogP contribution in [0.15, 0.2) is 59.4 Å². The lowest BCUT2D eigenvalue weighted by Gasteiger charge is -2.31. The number of carbonyl (C=O) groups excluding carboxylic acids is 1. The summed E-state index contributed by atoms with van der Waals surface area (Å²) in [6.45, 7) is 5.41. The molecular formula is C26H33N3O3. The highest BCUT2D eigenvalue weighted by Gasteiger charge is 2.25. The van der Waals surface area contributed by atoms with E-state index in [-0.39, 0.29) is 17.5 Å². The molecule has 32 heavy (non-hydrogen) atoms. The van der Waals surface area contributed by atoms with E-state index < -0.39 is 0 Å². The molecule has 0 spiro atoms. The molecule has 1 heterocycles. The van der Waals surface area contributed by atoms with Gasteiger partial charge in [-0.3, -0.25) is 14.2 Å². The number of para-hydroxylation sites is 1. The molecule has 2 aromatic carbocycles. The third kappa shape index (κ3) is 5.62. The minimum Gasteiger partial charge on any atom is -0.383 e. The van der Waals surface area contributed by atoms with Crippen molar-refractivity contribution in [3.05, 3.63) is 76.3 Å². The average molecular weight is 436 g/mol. The summed E-state index contributed by atoms with van der Waals surface area (Å²) in [6.07, 6.45) is 3.04. The molecule has 0 saturated heterocycles. The third-order valence-electron chi connectivity index (χ3n) is 5.80. The number of fused-ring (bicyclic) bond motifs is 1. The topological polar surface area (TPSA) is 64.4 Å². The summed E-state index contributed by atoms with van der Waals surface area (Å²) >= 11 is 0. The summed E-state index contributed by atoms with van der Waals surface area (Å²) in [7, 11) is 1.61. The Kier molecular flexibility index (Phi) is 8.56. The smallest absolute Gasteiger partial charge is 0.261 e. The summed E-state index contributed by atoms with van der Waals surface area (Å²) in [5.74, 6) is 0.694. The van der Waals surface area contributed by atoms with Crippen molar-refractivity contribution in [2.75, 3.05) is 20.3 Å². The van der Waals surface area contributed by atoms with Crippen molar-refractivity contribution in [1.29, 1.82) is 0 Å². The van der Waals surface area contributed by atoms with Crippen LogP contribution < -0.4 is 5.56 Å². The highest BCUT2D eigenvalue weighted by atomic mass is 16.5. The molecule has 0 aliphatic heterocycles. The fourth-order valence-corrected chi connectivity index (χ4v) is 3.94. The van der Waals surface area contributed by atoms with Crippen LogP contribution in [0.5, 0.6) is 0 Å². The van der Waals surface area contributed by atoms with Gasteiger partial charge in [-0.25, -0.2) is 4.98 Å². The Balaban J connectivity index is 2.00. The summed E-state index contributed by atoms with van der Waals surface area (Å²) < 4.78 is 6.91. The molecule has 3 rings (SSSR count). The number of carbonyl (C=O) groups is 1. The van der Waals surface area contributed by atoms with Gasteiger partial charge in [0.05, 0.1) is 30.1 Å². The summed E-state index contributed by atoms with van der Waals surface area (Å²) in [5, 5.41) is 0.577. The monoisotopic (exact) mass is 435 g/mol. The SMILES string of the molecule is CCCCC(=O)N(CCc1ccccc1)C(C)c1nc2ccccc2c(=O)n1CCOC. The van der Waals surface area contributed by atoms with Crippen LogP contribution in [0.25, 0.3) is 10.9 Å². The van der Waals surface area contributed by atoms with Gasteiger partial charge in [-0.15, -0.1) is 0 Å². The highest BCUT2D eigenvalue weighted by Crippen LogP contribution is 2.22. The van der Waals surface area contributed by atoms with E-state index in [0.29, 0.717) is 42.8 Å². The van der Waals surface area contributed by atoms with Gasteiger partial charge in [0.25, 0.3) is 5.56 Å². The van der Waals surface area contributed by atoms with Crippen molar-refractivity contribution >= 4 is 16.8 Å². The second kappa shape index (κ2) is 11.6. The van der Waals surface area contributed by atoms with E-state index in [2.05, 4.69) is 19.1 Å². The van der Waals surface area contributed by atoms with Crippen molar-refractivity contribution in [3.8, 4) is 0 Å². The molecule has 1 aromatic heterocycles. The number of amides is 1. The summed E-state index contributed by atoms with van der Waals surface area (Å²) in [6, 6.07) is 17.2. The number of benzene rings is 2. The second-order valence-electron chi connectivity index (χ2n) is 8.04. The normalized spacial score (nSPS) is 12.1. The number of nitrogens with zero attached hydrogens (tertiary/aromatic N) is 3. The number of hydrogen-bond acceptors (Lipinski definition) is 4. The Morgan fingerprint density at radius 1 is 1.12 bits per heavy atom. The first-order chi connectivity index (χ1) is 15.6. The van der Waals surface area contributed by atoms with Crippen LogP contribution >= 0.6 is 0 Å². The van der Waals surface area contributed by atoms with E-state index in [1.54, 1.807) is 17.7 Å². The maximum atomic E-state index is 13.3. The average Bonchev–Trinajstić information content (AvgIpc) is 2.82. The van der Waals surface area contributed by atoms with E-state index in [0.717, 1.165) is 19.3 Å². The van der Waals surface area contributed by atoms with Crippen LogP contribution in [0.2, 0.25) is 0 Å². The minimum atomic E-state index is -0.336. The van der Waals surface area contributed by atoms with Crippen LogP contribution in [0.3, 0.4) is 0 Å². The van der Waals surface area contributed by atoms with E-state index >= 15 is 0 Å². The first-order valence-electron chi connectivity index (χ1n) is 11.4. The molecule has 6 heteroatoms. The lowest BCUT2D eigenvalue weighted by atomic mass is 10.1. The number of hydrogen-bond donors (Lipinski definition) is 0. The molecule has 170 valence electrons. The zero-order valence-electron chi connectivity index (χ0n) is 19.3. The van der Waals surface area contributed by atoms with Crippen LogP contribution in [-0.2, 0) is 22.5 Å². The van der Waals surface area contributed by atoms with E-state index in [1.165, 1.54) is 5.56 Å². The molecule has 3 aromatic rings. The number of aromatic nitrogens is 2. The number of unbranched alkanes of at least 4 members (excludes halogenated alkanes) is 1. The third-order valence-corrected chi connectivity index (χ3v) is 5.80. The van der Waals surface area contributed by atoms with Gasteiger partial charge in [-0.05, 0) is 37.5 Å². The Morgan fingerprint density at radius 3 is 2.56 bits per heavy atom. The van der Waals surface area contributed by atoms with Crippen molar-refractivity contribution in [3.63, 3.8) is 0 Å². The van der Waals surface area contributed by atoms with Crippen LogP contribution in [0.4, 0.5) is 0 Å². The van der Waals surface area contributed by atoms with Gasteiger partial charge in [-0.2, -0.15) is 0 Å². The molecule has 0 aliphatic carbocycles. The van der Waals surface area contributed by atoms with Crippen molar-refractivity contribution in [1.82, 2.24) is 14.5 Å². The maximum absolute atomic E-state index is 13.3. The van der Waals surface area contributed by atoms with Crippen LogP contribution in [-0.4, -0.2) is 40.6 Å². The first-order valence-corrected chi connectivity index (χ1v) is 11.4. The molecule has 0 N–H and O–H groups in total. The van der Waals surface area contributed by atoms with Gasteiger partial charge >= 0.3 is 0 Å². The van der Waals surface area contributed by atoms with E-state index in [9.17, 15) is 9.59 Å². The summed E-state index contributed by atoms with van der Waals surface area (Å²) in [5.41, 5.74) is 1.73. The van der Waals surface area contributed by atoms with Gasteiger partial charge in [0, 0.05) is 20.1 Å². The molecule has 6 nitrogen and oxygen atoms in total. The second-order valence-corrected chi connectivity index (χ2v) is 8.04. The number of ether oxygens (including phenoxy) is 1. The van der Waals surface area contributed by atoms with E-state index in [1.807, 2.05) is 48.2 Å². The van der Waals surface area contributed by atoms with Gasteiger partial charge in [-0.1, -0.05) is 55.8 Å². The lowest BCUT2D eigenvalue weighted by molar-refractivity contribution is -0.133. The Bertz CT molecular complexity index is 1080. The van der Waals surface area contributed by atoms with Crippen molar-refractivity contribution in [2.24, 2.45) is 0 Å². The van der Waals surface area contributed by atoms with Gasteiger partial charge in [0.1, 0.15) is 5.82 Å².